The minimum Gasteiger partial charge on any atom is -0.396 e. The molecular formula is C11H16FN3O3S. The normalized spacial score (nSPS) is 17.6. The zero-order chi connectivity index (χ0) is 14.0. The summed E-state index contributed by atoms with van der Waals surface area (Å²) in [7, 11) is -3.76. The molecule has 1 aliphatic heterocycles. The SMILES string of the molecule is Cc1cc(F)c(N)cc1S(=O)(=O)NN1CCOCC1. The zero-order valence-electron chi connectivity index (χ0n) is 10.5. The molecule has 0 atom stereocenters. The Hall–Kier alpha value is -1.22. The van der Waals surface area contributed by atoms with E-state index in [9.17, 15) is 12.8 Å². The summed E-state index contributed by atoms with van der Waals surface area (Å²) < 4.78 is 42.8. The monoisotopic (exact) mass is 289 g/mol. The van der Waals surface area contributed by atoms with Crippen LogP contribution in [0.15, 0.2) is 17.0 Å². The molecule has 1 fully saturated rings. The van der Waals surface area contributed by atoms with Gasteiger partial charge in [0, 0.05) is 13.1 Å². The van der Waals surface area contributed by atoms with Crippen molar-refractivity contribution in [2.75, 3.05) is 32.0 Å². The number of ether oxygens (including phenoxy) is 1. The van der Waals surface area contributed by atoms with Gasteiger partial charge in [0.25, 0.3) is 10.0 Å². The third-order valence-corrected chi connectivity index (χ3v) is 4.36. The lowest BCUT2D eigenvalue weighted by Crippen LogP contribution is -2.48. The van der Waals surface area contributed by atoms with Crippen LogP contribution in [0.4, 0.5) is 10.1 Å². The van der Waals surface area contributed by atoms with Crippen LogP contribution in [-0.4, -0.2) is 39.7 Å². The van der Waals surface area contributed by atoms with Gasteiger partial charge in [0.05, 0.1) is 23.8 Å². The standard InChI is InChI=1S/C11H16FN3O3S/c1-8-6-9(12)10(13)7-11(8)19(16,17)14-15-2-4-18-5-3-15/h6-7,14H,2-5,13H2,1H3. The molecule has 0 amide bonds. The minimum absolute atomic E-state index is 0.0158. The number of benzene rings is 1. The lowest BCUT2D eigenvalue weighted by Gasteiger charge is -2.27. The van der Waals surface area contributed by atoms with Gasteiger partial charge in [-0.3, -0.25) is 0 Å². The molecule has 0 unspecified atom stereocenters. The molecule has 6 nitrogen and oxygen atoms in total. The summed E-state index contributed by atoms with van der Waals surface area (Å²) in [4.78, 5) is 2.43. The maximum absolute atomic E-state index is 13.2. The molecule has 0 aliphatic carbocycles. The van der Waals surface area contributed by atoms with Crippen LogP contribution in [0.3, 0.4) is 0 Å². The summed E-state index contributed by atoms with van der Waals surface area (Å²) in [5, 5.41) is 1.55. The predicted molar refractivity (Wildman–Crippen MR) is 68.3 cm³/mol. The molecule has 0 spiro atoms. The van der Waals surface area contributed by atoms with Crippen molar-refractivity contribution in [2.45, 2.75) is 11.8 Å². The third-order valence-electron chi connectivity index (χ3n) is 2.84. The number of hydrazine groups is 1. The number of hydrogen-bond donors (Lipinski definition) is 2. The highest BCUT2D eigenvalue weighted by molar-refractivity contribution is 7.89. The van der Waals surface area contributed by atoms with Crippen LogP contribution in [0.2, 0.25) is 0 Å². The largest absolute Gasteiger partial charge is 0.396 e. The van der Waals surface area contributed by atoms with Crippen molar-refractivity contribution in [3.05, 3.63) is 23.5 Å². The highest BCUT2D eigenvalue weighted by atomic mass is 32.2. The van der Waals surface area contributed by atoms with E-state index < -0.39 is 15.8 Å². The lowest BCUT2D eigenvalue weighted by atomic mass is 10.2. The molecule has 8 heteroatoms. The smallest absolute Gasteiger partial charge is 0.253 e. The van der Waals surface area contributed by atoms with Crippen LogP contribution in [-0.2, 0) is 14.8 Å². The van der Waals surface area contributed by atoms with Crippen molar-refractivity contribution in [1.82, 2.24) is 9.84 Å². The Bertz CT molecular complexity index is 571. The molecule has 1 heterocycles. The molecule has 3 N–H and O–H groups in total. The highest BCUT2D eigenvalue weighted by Gasteiger charge is 2.22. The first-order valence-corrected chi connectivity index (χ1v) is 7.29. The molecule has 0 aromatic heterocycles. The number of nitrogens with one attached hydrogen (secondary N) is 1. The molecule has 0 radical (unpaired) electrons. The molecule has 1 aliphatic rings. The summed E-state index contributed by atoms with van der Waals surface area (Å²) in [6.07, 6.45) is 0. The maximum atomic E-state index is 13.2. The quantitative estimate of drug-likeness (QED) is 0.779. The second-order valence-corrected chi connectivity index (χ2v) is 5.96. The van der Waals surface area contributed by atoms with Crippen molar-refractivity contribution in [3.63, 3.8) is 0 Å². The molecule has 1 aromatic carbocycles. The van der Waals surface area contributed by atoms with Gasteiger partial charge in [-0.05, 0) is 24.6 Å². The molecular weight excluding hydrogens is 273 g/mol. The topological polar surface area (TPSA) is 84.7 Å². The first kappa shape index (κ1) is 14.2. The molecule has 0 saturated carbocycles. The van der Waals surface area contributed by atoms with Crippen LogP contribution in [0, 0.1) is 12.7 Å². The predicted octanol–water partition coefficient (Wildman–Crippen LogP) is 0.242. The van der Waals surface area contributed by atoms with Gasteiger partial charge >= 0.3 is 0 Å². The van der Waals surface area contributed by atoms with Crippen molar-refractivity contribution >= 4 is 15.7 Å². The number of aryl methyl sites for hydroxylation is 1. The van der Waals surface area contributed by atoms with Crippen LogP contribution in [0.5, 0.6) is 0 Å². The molecule has 0 bridgehead atoms. The number of anilines is 1. The van der Waals surface area contributed by atoms with E-state index in [1.807, 2.05) is 0 Å². The fraction of sp³-hybridized carbons (Fsp3) is 0.455. The van der Waals surface area contributed by atoms with E-state index in [1.165, 1.54) is 6.92 Å². The Morgan fingerprint density at radius 3 is 2.63 bits per heavy atom. The zero-order valence-corrected chi connectivity index (χ0v) is 11.3. The summed E-state index contributed by atoms with van der Waals surface area (Å²) in [6, 6.07) is 2.25. The average molecular weight is 289 g/mol. The average Bonchev–Trinajstić information content (AvgIpc) is 2.34. The Morgan fingerprint density at radius 2 is 2.00 bits per heavy atom. The first-order chi connectivity index (χ1) is 8.90. The fourth-order valence-electron chi connectivity index (χ4n) is 1.83. The van der Waals surface area contributed by atoms with Gasteiger partial charge in [0.2, 0.25) is 0 Å². The van der Waals surface area contributed by atoms with E-state index in [1.54, 1.807) is 5.01 Å². The third kappa shape index (κ3) is 3.21. The van der Waals surface area contributed by atoms with Crippen molar-refractivity contribution in [1.29, 1.82) is 0 Å². The van der Waals surface area contributed by atoms with Crippen LogP contribution >= 0.6 is 0 Å². The number of nitrogen functional groups attached to an aromatic ring is 1. The van der Waals surface area contributed by atoms with Crippen molar-refractivity contribution in [3.8, 4) is 0 Å². The van der Waals surface area contributed by atoms with E-state index in [4.69, 9.17) is 10.5 Å². The van der Waals surface area contributed by atoms with Gasteiger partial charge in [0.15, 0.2) is 0 Å². The van der Waals surface area contributed by atoms with Crippen LogP contribution in [0.1, 0.15) is 5.56 Å². The van der Waals surface area contributed by atoms with E-state index in [0.29, 0.717) is 31.9 Å². The number of nitrogens with zero attached hydrogens (tertiary/aromatic N) is 1. The Labute approximate surface area is 111 Å². The van der Waals surface area contributed by atoms with Gasteiger partial charge in [-0.15, -0.1) is 4.83 Å². The second-order valence-electron chi connectivity index (χ2n) is 4.33. The minimum atomic E-state index is -3.76. The molecule has 1 saturated heterocycles. The molecule has 19 heavy (non-hydrogen) atoms. The summed E-state index contributed by atoms with van der Waals surface area (Å²) >= 11 is 0. The van der Waals surface area contributed by atoms with Gasteiger partial charge < -0.3 is 10.5 Å². The number of hydrogen-bond acceptors (Lipinski definition) is 5. The van der Waals surface area contributed by atoms with Gasteiger partial charge in [-0.25, -0.2) is 17.8 Å². The van der Waals surface area contributed by atoms with E-state index >= 15 is 0 Å². The van der Waals surface area contributed by atoms with Crippen LogP contribution in [0.25, 0.3) is 0 Å². The Kier molecular flexibility index (Phi) is 4.04. The van der Waals surface area contributed by atoms with E-state index in [0.717, 1.165) is 12.1 Å². The van der Waals surface area contributed by atoms with Crippen molar-refractivity contribution in [2.24, 2.45) is 0 Å². The summed E-state index contributed by atoms with van der Waals surface area (Å²) in [5.74, 6) is -0.622. The lowest BCUT2D eigenvalue weighted by molar-refractivity contribution is 0.0272. The second kappa shape index (κ2) is 5.41. The van der Waals surface area contributed by atoms with Gasteiger partial charge in [-0.2, -0.15) is 0 Å². The molecule has 1 aromatic rings. The van der Waals surface area contributed by atoms with E-state index in [2.05, 4.69) is 4.83 Å². The molecule has 2 rings (SSSR count). The van der Waals surface area contributed by atoms with E-state index in [-0.39, 0.29) is 10.6 Å². The number of rotatable bonds is 3. The van der Waals surface area contributed by atoms with Crippen molar-refractivity contribution < 1.29 is 17.5 Å². The van der Waals surface area contributed by atoms with Crippen LogP contribution < -0.4 is 10.6 Å². The number of morpholine rings is 1. The number of sulfonamides is 1. The number of nitrogens with two attached hydrogens (primary N) is 1. The maximum Gasteiger partial charge on any atom is 0.253 e. The highest BCUT2D eigenvalue weighted by Crippen LogP contribution is 2.21. The number of halogens is 1. The fourth-order valence-corrected chi connectivity index (χ4v) is 3.22. The van der Waals surface area contributed by atoms with Gasteiger partial charge in [0.1, 0.15) is 5.82 Å². The first-order valence-electron chi connectivity index (χ1n) is 5.81. The van der Waals surface area contributed by atoms with Gasteiger partial charge in [-0.1, -0.05) is 0 Å². The summed E-state index contributed by atoms with van der Waals surface area (Å²) in [6.45, 7) is 3.39. The Morgan fingerprint density at radius 1 is 1.37 bits per heavy atom. The molecule has 106 valence electrons. The Balaban J connectivity index is 2.26. The summed E-state index contributed by atoms with van der Waals surface area (Å²) in [5.41, 5.74) is 5.54.